The minimum Gasteiger partial charge on any atom is -0.491 e. The van der Waals surface area contributed by atoms with E-state index >= 15 is 0 Å². The van der Waals surface area contributed by atoms with E-state index < -0.39 is 16.8 Å². The molecule has 0 bridgehead atoms. The van der Waals surface area contributed by atoms with Crippen molar-refractivity contribution < 1.29 is 13.3 Å². The summed E-state index contributed by atoms with van der Waals surface area (Å²) in [6.07, 6.45) is 1.46. The molecule has 2 rings (SSSR count). The summed E-state index contributed by atoms with van der Waals surface area (Å²) in [6, 6.07) is 7.26. The van der Waals surface area contributed by atoms with Crippen molar-refractivity contribution in [2.75, 3.05) is 24.1 Å². The van der Waals surface area contributed by atoms with Crippen molar-refractivity contribution in [1.82, 2.24) is 0 Å². The van der Waals surface area contributed by atoms with Crippen LogP contribution in [0.1, 0.15) is 5.56 Å². The highest BCUT2D eigenvalue weighted by Crippen LogP contribution is 2.38. The van der Waals surface area contributed by atoms with Crippen LogP contribution in [0.5, 0.6) is 5.75 Å². The maximum atomic E-state index is 14.5. The maximum Gasteiger partial charge on any atom is 0.154 e. The summed E-state index contributed by atoms with van der Waals surface area (Å²) < 4.78 is 34.1. The molecular weight excluding hydrogens is 279 g/mol. The third-order valence-electron chi connectivity index (χ3n) is 2.94. The number of halogens is 1. The number of hydrogen-bond acceptors (Lipinski definition) is 3. The van der Waals surface area contributed by atoms with E-state index in [0.717, 1.165) is 5.39 Å². The maximum absolute atomic E-state index is 14.5. The van der Waals surface area contributed by atoms with Gasteiger partial charge in [0.2, 0.25) is 0 Å². The molecule has 6 heteroatoms. The first-order valence-corrected chi connectivity index (χ1v) is 7.75. The van der Waals surface area contributed by atoms with E-state index in [1.54, 1.807) is 19.1 Å². The van der Waals surface area contributed by atoms with Crippen LogP contribution in [0.15, 0.2) is 24.3 Å². The van der Waals surface area contributed by atoms with Crippen LogP contribution >= 0.6 is 0 Å². The molecule has 0 aliphatic rings. The van der Waals surface area contributed by atoms with Crippen molar-refractivity contribution in [3.8, 4) is 5.75 Å². The highest BCUT2D eigenvalue weighted by molar-refractivity contribution is 7.85. The molecule has 1 unspecified atom stereocenters. The molecule has 0 fully saturated rings. The molecule has 0 aliphatic carbocycles. The summed E-state index contributed by atoms with van der Waals surface area (Å²) in [4.78, 5) is 0. The van der Waals surface area contributed by atoms with Crippen LogP contribution in [-0.2, 0) is 11.0 Å². The fraction of sp³-hybridized carbons (Fsp3) is 0.286. The van der Waals surface area contributed by atoms with E-state index in [2.05, 4.69) is 4.72 Å². The molecule has 4 nitrogen and oxygen atoms in total. The van der Waals surface area contributed by atoms with Gasteiger partial charge in [-0.15, -0.1) is 0 Å². The largest absolute Gasteiger partial charge is 0.491 e. The van der Waals surface area contributed by atoms with E-state index in [9.17, 15) is 8.60 Å². The molecule has 20 heavy (non-hydrogen) atoms. The zero-order chi connectivity index (χ0) is 14.7. The van der Waals surface area contributed by atoms with Crippen LogP contribution in [0, 0.1) is 12.7 Å². The topological polar surface area (TPSA) is 64.3 Å². The molecule has 0 saturated heterocycles. The number of nitrogens with one attached hydrogen (secondary N) is 1. The Labute approximate surface area is 119 Å². The lowest BCUT2D eigenvalue weighted by molar-refractivity contribution is 0.328. The Morgan fingerprint density at radius 2 is 2.00 bits per heavy atom. The van der Waals surface area contributed by atoms with Gasteiger partial charge >= 0.3 is 0 Å². The lowest BCUT2D eigenvalue weighted by Crippen LogP contribution is -2.12. The minimum absolute atomic E-state index is 0.235. The molecule has 2 aromatic rings. The van der Waals surface area contributed by atoms with E-state index in [1.807, 2.05) is 12.1 Å². The fourth-order valence-corrected chi connectivity index (χ4v) is 2.58. The standard InChI is InChI=1S/C14H17FN2O2S/c1-9-12(15)13(17-20(2)18)10-5-3-4-6-11(10)14(9)19-8-7-16/h3-6,17H,7-8,16H2,1-2H3. The number of nitrogens with two attached hydrogens (primary N) is 1. The minimum atomic E-state index is -1.35. The molecular formula is C14H17FN2O2S. The Balaban J connectivity index is 2.70. The van der Waals surface area contributed by atoms with Crippen LogP contribution in [-0.4, -0.2) is 23.6 Å². The first-order valence-electron chi connectivity index (χ1n) is 6.20. The van der Waals surface area contributed by atoms with Crippen molar-refractivity contribution in [3.05, 3.63) is 35.6 Å². The highest BCUT2D eigenvalue weighted by Gasteiger charge is 2.18. The summed E-state index contributed by atoms with van der Waals surface area (Å²) in [5.41, 5.74) is 6.05. The molecule has 0 amide bonds. The Morgan fingerprint density at radius 3 is 2.60 bits per heavy atom. The van der Waals surface area contributed by atoms with Gasteiger partial charge in [-0.25, -0.2) is 8.60 Å². The number of rotatable bonds is 5. The van der Waals surface area contributed by atoms with Gasteiger partial charge in [0.05, 0.1) is 5.69 Å². The van der Waals surface area contributed by atoms with Crippen molar-refractivity contribution >= 4 is 27.4 Å². The third kappa shape index (κ3) is 2.76. The molecule has 0 heterocycles. The van der Waals surface area contributed by atoms with Crippen LogP contribution in [0.25, 0.3) is 10.8 Å². The number of benzene rings is 2. The summed E-state index contributed by atoms with van der Waals surface area (Å²) in [5.74, 6) is 0.0295. The van der Waals surface area contributed by atoms with Crippen molar-refractivity contribution in [2.45, 2.75) is 6.92 Å². The molecule has 0 spiro atoms. The molecule has 108 valence electrons. The van der Waals surface area contributed by atoms with Gasteiger partial charge in [0.1, 0.15) is 23.3 Å². The van der Waals surface area contributed by atoms with E-state index in [0.29, 0.717) is 29.9 Å². The van der Waals surface area contributed by atoms with Gasteiger partial charge < -0.3 is 15.2 Å². The van der Waals surface area contributed by atoms with Crippen LogP contribution in [0.2, 0.25) is 0 Å². The van der Waals surface area contributed by atoms with Crippen LogP contribution < -0.4 is 15.2 Å². The molecule has 1 atom stereocenters. The number of fused-ring (bicyclic) bond motifs is 1. The predicted molar refractivity (Wildman–Crippen MR) is 80.9 cm³/mol. The van der Waals surface area contributed by atoms with Gasteiger partial charge in [-0.3, -0.25) is 0 Å². The first-order chi connectivity index (χ1) is 9.56. The monoisotopic (exact) mass is 296 g/mol. The van der Waals surface area contributed by atoms with Gasteiger partial charge in [0.15, 0.2) is 5.82 Å². The van der Waals surface area contributed by atoms with E-state index in [4.69, 9.17) is 10.5 Å². The highest BCUT2D eigenvalue weighted by atomic mass is 32.2. The number of hydrogen-bond donors (Lipinski definition) is 2. The average Bonchev–Trinajstić information content (AvgIpc) is 2.43. The van der Waals surface area contributed by atoms with Gasteiger partial charge in [-0.1, -0.05) is 24.3 Å². The van der Waals surface area contributed by atoms with Gasteiger partial charge in [-0.05, 0) is 6.92 Å². The molecule has 0 saturated carbocycles. The second-order valence-electron chi connectivity index (χ2n) is 4.38. The zero-order valence-electron chi connectivity index (χ0n) is 11.4. The van der Waals surface area contributed by atoms with Crippen LogP contribution in [0.3, 0.4) is 0 Å². The van der Waals surface area contributed by atoms with Gasteiger partial charge in [-0.2, -0.15) is 0 Å². The second kappa shape index (κ2) is 6.19. The Bertz CT molecular complexity index is 661. The normalized spacial score (nSPS) is 12.4. The SMILES string of the molecule is Cc1c(F)c(NS(C)=O)c2ccccc2c1OCCN. The number of ether oxygens (including phenoxy) is 1. The molecule has 3 N–H and O–H groups in total. The molecule has 0 aliphatic heterocycles. The summed E-state index contributed by atoms with van der Waals surface area (Å²) >= 11 is 0. The Morgan fingerprint density at radius 1 is 1.35 bits per heavy atom. The van der Waals surface area contributed by atoms with Crippen molar-refractivity contribution in [3.63, 3.8) is 0 Å². The molecule has 0 aromatic heterocycles. The third-order valence-corrected chi connectivity index (χ3v) is 3.43. The Kier molecular flexibility index (Phi) is 4.57. The predicted octanol–water partition coefficient (Wildman–Crippen LogP) is 2.33. The fourth-order valence-electron chi connectivity index (χ4n) is 2.10. The van der Waals surface area contributed by atoms with Crippen molar-refractivity contribution in [1.29, 1.82) is 0 Å². The molecule has 0 radical (unpaired) electrons. The van der Waals surface area contributed by atoms with E-state index in [1.165, 1.54) is 6.26 Å². The smallest absolute Gasteiger partial charge is 0.154 e. The lowest BCUT2D eigenvalue weighted by Gasteiger charge is -2.16. The lowest BCUT2D eigenvalue weighted by atomic mass is 10.0. The number of anilines is 1. The van der Waals surface area contributed by atoms with Crippen molar-refractivity contribution in [2.24, 2.45) is 5.73 Å². The van der Waals surface area contributed by atoms with Gasteiger partial charge in [0.25, 0.3) is 0 Å². The average molecular weight is 296 g/mol. The first kappa shape index (κ1) is 14.7. The van der Waals surface area contributed by atoms with Crippen LogP contribution in [0.4, 0.5) is 10.1 Å². The zero-order valence-corrected chi connectivity index (χ0v) is 12.2. The molecule has 2 aromatic carbocycles. The Hall–Kier alpha value is -1.66. The second-order valence-corrected chi connectivity index (χ2v) is 5.49. The summed E-state index contributed by atoms with van der Waals surface area (Å²) in [7, 11) is -1.35. The summed E-state index contributed by atoms with van der Waals surface area (Å²) in [6.45, 7) is 2.31. The quantitative estimate of drug-likeness (QED) is 0.890. The summed E-state index contributed by atoms with van der Waals surface area (Å²) in [5, 5.41) is 1.41. The van der Waals surface area contributed by atoms with E-state index in [-0.39, 0.29) is 5.69 Å². The van der Waals surface area contributed by atoms with Gasteiger partial charge in [0, 0.05) is 29.1 Å².